The van der Waals surface area contributed by atoms with Gasteiger partial charge in [-0.1, -0.05) is 31.2 Å². The Morgan fingerprint density at radius 2 is 1.86 bits per heavy atom. The molecule has 0 aliphatic carbocycles. The molecule has 2 N–H and O–H groups in total. The molecule has 3 aromatic rings. The highest BCUT2D eigenvalue weighted by molar-refractivity contribution is 5.83. The molecule has 3 heterocycles. The second kappa shape index (κ2) is 8.11. The van der Waals surface area contributed by atoms with E-state index in [1.54, 1.807) is 0 Å². The Bertz CT molecular complexity index is 968. The third-order valence-corrected chi connectivity index (χ3v) is 6.65. The van der Waals surface area contributed by atoms with Crippen LogP contribution in [0.4, 0.5) is 11.4 Å². The maximum absolute atomic E-state index is 3.61. The summed E-state index contributed by atoms with van der Waals surface area (Å²) >= 11 is 0. The van der Waals surface area contributed by atoms with Crippen LogP contribution in [-0.2, 0) is 12.8 Å². The number of para-hydroxylation sites is 1. The van der Waals surface area contributed by atoms with Crippen molar-refractivity contribution in [3.63, 3.8) is 0 Å². The number of anilines is 2. The Morgan fingerprint density at radius 3 is 2.76 bits per heavy atom. The van der Waals surface area contributed by atoms with Crippen molar-refractivity contribution in [2.24, 2.45) is 5.92 Å². The van der Waals surface area contributed by atoms with Gasteiger partial charge in [-0.05, 0) is 61.1 Å². The number of nitrogens with one attached hydrogen (secondary N) is 2. The molecule has 4 nitrogen and oxygen atoms in total. The first-order valence-electron chi connectivity index (χ1n) is 11.2. The van der Waals surface area contributed by atoms with Crippen molar-refractivity contribution in [3.8, 4) is 0 Å². The van der Waals surface area contributed by atoms with Crippen LogP contribution in [0.3, 0.4) is 0 Å². The minimum absolute atomic E-state index is 0.717. The second-order valence-electron chi connectivity index (χ2n) is 8.79. The van der Waals surface area contributed by atoms with Gasteiger partial charge >= 0.3 is 0 Å². The normalized spacial score (nSPS) is 19.9. The molecule has 0 radical (unpaired) electrons. The maximum atomic E-state index is 3.61. The molecule has 29 heavy (non-hydrogen) atoms. The highest BCUT2D eigenvalue weighted by Gasteiger charge is 2.23. The van der Waals surface area contributed by atoms with E-state index >= 15 is 0 Å². The number of hydrogen-bond donors (Lipinski definition) is 2. The fourth-order valence-corrected chi connectivity index (χ4v) is 5.00. The molecule has 1 unspecified atom stereocenters. The van der Waals surface area contributed by atoms with Gasteiger partial charge in [0.1, 0.15) is 0 Å². The van der Waals surface area contributed by atoms with Crippen molar-refractivity contribution >= 4 is 22.3 Å². The van der Waals surface area contributed by atoms with Crippen LogP contribution in [0.1, 0.15) is 24.5 Å². The van der Waals surface area contributed by atoms with Crippen molar-refractivity contribution in [2.75, 3.05) is 49.5 Å². The minimum Gasteiger partial charge on any atom is -0.384 e. The molecule has 0 bridgehead atoms. The van der Waals surface area contributed by atoms with Gasteiger partial charge in [0.2, 0.25) is 0 Å². The fraction of sp³-hybridized carbons (Fsp3) is 0.440. The second-order valence-corrected chi connectivity index (χ2v) is 8.79. The van der Waals surface area contributed by atoms with Gasteiger partial charge in [0.25, 0.3) is 0 Å². The molecule has 2 aliphatic heterocycles. The molecule has 5 rings (SSSR count). The molecule has 1 saturated heterocycles. The van der Waals surface area contributed by atoms with E-state index in [0.29, 0.717) is 0 Å². The van der Waals surface area contributed by atoms with E-state index in [0.717, 1.165) is 32.0 Å². The Hall–Kier alpha value is -2.46. The summed E-state index contributed by atoms with van der Waals surface area (Å²) in [5.74, 6) is 0.717. The average molecular weight is 389 g/mol. The van der Waals surface area contributed by atoms with Crippen LogP contribution in [0.15, 0.2) is 48.7 Å². The van der Waals surface area contributed by atoms with Gasteiger partial charge < -0.3 is 15.2 Å². The molecule has 0 amide bonds. The lowest BCUT2D eigenvalue weighted by Gasteiger charge is -2.38. The highest BCUT2D eigenvalue weighted by Crippen LogP contribution is 2.33. The summed E-state index contributed by atoms with van der Waals surface area (Å²) in [7, 11) is 0. The molecular formula is C25H32N4. The monoisotopic (exact) mass is 388 g/mol. The van der Waals surface area contributed by atoms with Gasteiger partial charge in [0.05, 0.1) is 0 Å². The molecular weight excluding hydrogens is 356 g/mol. The summed E-state index contributed by atoms with van der Waals surface area (Å²) in [5, 5.41) is 5.00. The SMILES string of the molecule is CC1CNc2cccc(N3CCN(CCCc4c[nH]c5ccccc45)CC3)c2C1. The van der Waals surface area contributed by atoms with Gasteiger partial charge in [-0.25, -0.2) is 0 Å². The molecule has 1 atom stereocenters. The number of nitrogens with zero attached hydrogens (tertiary/aromatic N) is 2. The first kappa shape index (κ1) is 18.6. The fourth-order valence-electron chi connectivity index (χ4n) is 5.00. The lowest BCUT2D eigenvalue weighted by molar-refractivity contribution is 0.255. The van der Waals surface area contributed by atoms with Crippen molar-refractivity contribution in [1.29, 1.82) is 0 Å². The number of benzene rings is 2. The zero-order valence-corrected chi connectivity index (χ0v) is 17.5. The summed E-state index contributed by atoms with van der Waals surface area (Å²) in [4.78, 5) is 8.65. The average Bonchev–Trinajstić information content (AvgIpc) is 3.17. The molecule has 152 valence electrons. The quantitative estimate of drug-likeness (QED) is 0.674. The number of piperazine rings is 1. The lowest BCUT2D eigenvalue weighted by atomic mass is 9.93. The largest absolute Gasteiger partial charge is 0.384 e. The number of aromatic nitrogens is 1. The molecule has 2 aromatic carbocycles. The number of hydrogen-bond acceptors (Lipinski definition) is 3. The Balaban J connectivity index is 1.15. The van der Waals surface area contributed by atoms with Crippen LogP contribution in [0, 0.1) is 5.92 Å². The van der Waals surface area contributed by atoms with Crippen molar-refractivity contribution in [3.05, 3.63) is 59.8 Å². The molecule has 4 heteroatoms. The van der Waals surface area contributed by atoms with Gasteiger partial charge in [-0.2, -0.15) is 0 Å². The van der Waals surface area contributed by atoms with E-state index in [1.165, 1.54) is 65.9 Å². The number of aryl methyl sites for hydroxylation is 1. The Kier molecular flexibility index (Phi) is 5.19. The van der Waals surface area contributed by atoms with Crippen molar-refractivity contribution in [2.45, 2.75) is 26.2 Å². The first-order valence-corrected chi connectivity index (χ1v) is 11.2. The van der Waals surface area contributed by atoms with Crippen LogP contribution in [0.5, 0.6) is 0 Å². The van der Waals surface area contributed by atoms with E-state index in [-0.39, 0.29) is 0 Å². The molecule has 1 fully saturated rings. The van der Waals surface area contributed by atoms with Gasteiger partial charge in [0.15, 0.2) is 0 Å². The Labute approximate surface area is 173 Å². The number of rotatable bonds is 5. The smallest absolute Gasteiger partial charge is 0.0456 e. The van der Waals surface area contributed by atoms with Gasteiger partial charge in [0, 0.05) is 61.2 Å². The molecule has 2 aliphatic rings. The maximum Gasteiger partial charge on any atom is 0.0456 e. The third kappa shape index (κ3) is 3.86. The molecule has 1 aromatic heterocycles. The van der Waals surface area contributed by atoms with Crippen LogP contribution < -0.4 is 10.2 Å². The van der Waals surface area contributed by atoms with Crippen LogP contribution in [0.2, 0.25) is 0 Å². The Morgan fingerprint density at radius 1 is 1.00 bits per heavy atom. The zero-order valence-electron chi connectivity index (χ0n) is 17.5. The summed E-state index contributed by atoms with van der Waals surface area (Å²) in [6.45, 7) is 9.24. The summed E-state index contributed by atoms with van der Waals surface area (Å²) < 4.78 is 0. The van der Waals surface area contributed by atoms with Crippen molar-refractivity contribution in [1.82, 2.24) is 9.88 Å². The third-order valence-electron chi connectivity index (χ3n) is 6.65. The van der Waals surface area contributed by atoms with E-state index in [4.69, 9.17) is 0 Å². The number of fused-ring (bicyclic) bond motifs is 2. The minimum atomic E-state index is 0.717. The van der Waals surface area contributed by atoms with Gasteiger partial charge in [-0.15, -0.1) is 0 Å². The summed E-state index contributed by atoms with van der Waals surface area (Å²) in [5.41, 5.74) is 7.05. The lowest BCUT2D eigenvalue weighted by Crippen LogP contribution is -2.47. The highest BCUT2D eigenvalue weighted by atomic mass is 15.3. The van der Waals surface area contributed by atoms with Crippen LogP contribution >= 0.6 is 0 Å². The van der Waals surface area contributed by atoms with Crippen LogP contribution in [0.25, 0.3) is 10.9 Å². The predicted octanol–water partition coefficient (Wildman–Crippen LogP) is 4.53. The standard InChI is InChI=1S/C25H32N4/c1-19-16-22-24(26-17-19)9-4-10-25(22)29-14-12-28(13-15-29)11-5-6-20-18-27-23-8-3-2-7-21(20)23/h2-4,7-10,18-19,26-27H,5-6,11-17H2,1H3. The van der Waals surface area contributed by atoms with Gasteiger partial charge in [-0.3, -0.25) is 4.90 Å². The van der Waals surface area contributed by atoms with E-state index in [9.17, 15) is 0 Å². The summed E-state index contributed by atoms with van der Waals surface area (Å²) in [6, 6.07) is 15.4. The van der Waals surface area contributed by atoms with E-state index in [2.05, 4.69) is 75.7 Å². The molecule has 0 spiro atoms. The first-order chi connectivity index (χ1) is 14.3. The zero-order chi connectivity index (χ0) is 19.6. The summed E-state index contributed by atoms with van der Waals surface area (Å²) in [6.07, 6.45) is 5.77. The van der Waals surface area contributed by atoms with Crippen molar-refractivity contribution < 1.29 is 0 Å². The molecule has 0 saturated carbocycles. The number of H-pyrrole nitrogens is 1. The van der Waals surface area contributed by atoms with E-state index in [1.807, 2.05) is 0 Å². The topological polar surface area (TPSA) is 34.3 Å². The number of aromatic amines is 1. The predicted molar refractivity (Wildman–Crippen MR) is 123 cm³/mol. The van der Waals surface area contributed by atoms with E-state index < -0.39 is 0 Å². The van der Waals surface area contributed by atoms with Crippen LogP contribution in [-0.4, -0.2) is 49.2 Å².